The predicted octanol–water partition coefficient (Wildman–Crippen LogP) is 4.75. The summed E-state index contributed by atoms with van der Waals surface area (Å²) in [5.74, 6) is -2.31. The van der Waals surface area contributed by atoms with Gasteiger partial charge in [0.25, 0.3) is 0 Å². The summed E-state index contributed by atoms with van der Waals surface area (Å²) in [6.45, 7) is 10.8. The number of anilines is 1. The summed E-state index contributed by atoms with van der Waals surface area (Å²) in [6.07, 6.45) is 5.85. The largest absolute Gasteiger partial charge is 0.406 e. The molecule has 0 spiro atoms. The van der Waals surface area contributed by atoms with E-state index in [1.807, 2.05) is 13.8 Å². The molecule has 3 N–H and O–H groups in total. The number of rotatable bonds is 15. The normalized spacial score (nSPS) is 12.1. The standard InChI is InChI=1S/C27H33Cl2N5O5/c1-5-9-11-19(30-23(35)7-3)26(37)32-22-16-25(34(33-22)21-15-17(28)13-14-18(21)29)39-27(38)20(12-10-6-2)31-24(36)8-4/h7-8,13-16,19-20H,3-6,9-12H2,1-2H3,(H,30,35)(H,31,36)(H,32,33,37). The second kappa shape index (κ2) is 15.7. The van der Waals surface area contributed by atoms with Crippen LogP contribution in [0.3, 0.4) is 0 Å². The van der Waals surface area contributed by atoms with E-state index in [1.54, 1.807) is 12.1 Å². The van der Waals surface area contributed by atoms with Crippen LogP contribution in [0.2, 0.25) is 10.0 Å². The van der Waals surface area contributed by atoms with Crippen molar-refractivity contribution in [2.75, 3.05) is 5.32 Å². The number of halogens is 2. The number of amides is 3. The van der Waals surface area contributed by atoms with Crippen molar-refractivity contribution < 1.29 is 23.9 Å². The summed E-state index contributed by atoms with van der Waals surface area (Å²) in [6, 6.07) is 4.20. The molecule has 0 aliphatic carbocycles. The molecular formula is C27H33Cl2N5O5. The van der Waals surface area contributed by atoms with Gasteiger partial charge in [0.05, 0.1) is 10.7 Å². The van der Waals surface area contributed by atoms with E-state index < -0.39 is 35.8 Å². The van der Waals surface area contributed by atoms with Crippen molar-refractivity contribution in [2.24, 2.45) is 0 Å². The molecule has 1 aromatic carbocycles. The van der Waals surface area contributed by atoms with Gasteiger partial charge in [-0.15, -0.1) is 5.10 Å². The van der Waals surface area contributed by atoms with E-state index in [9.17, 15) is 19.2 Å². The van der Waals surface area contributed by atoms with E-state index in [-0.39, 0.29) is 22.4 Å². The molecule has 3 amide bonds. The van der Waals surface area contributed by atoms with Gasteiger partial charge in [-0.2, -0.15) is 4.68 Å². The number of nitrogens with zero attached hydrogens (tertiary/aromatic N) is 2. The molecule has 1 aromatic heterocycles. The molecule has 0 radical (unpaired) electrons. The molecule has 0 bridgehead atoms. The average Bonchev–Trinajstić information content (AvgIpc) is 3.30. The highest BCUT2D eigenvalue weighted by Crippen LogP contribution is 2.30. The lowest BCUT2D eigenvalue weighted by atomic mass is 10.1. The Bertz CT molecular complexity index is 1210. The first-order chi connectivity index (χ1) is 18.6. The van der Waals surface area contributed by atoms with Gasteiger partial charge in [-0.1, -0.05) is 75.9 Å². The van der Waals surface area contributed by atoms with E-state index in [0.29, 0.717) is 30.7 Å². The van der Waals surface area contributed by atoms with Crippen LogP contribution < -0.4 is 20.7 Å². The highest BCUT2D eigenvalue weighted by atomic mass is 35.5. The third-order valence-corrected chi connectivity index (χ3v) is 6.12. The Balaban J connectivity index is 2.43. The molecule has 2 rings (SSSR count). The van der Waals surface area contributed by atoms with Crippen LogP contribution in [0.4, 0.5) is 5.82 Å². The van der Waals surface area contributed by atoms with E-state index in [2.05, 4.69) is 34.2 Å². The lowest BCUT2D eigenvalue weighted by Gasteiger charge is -2.17. The highest BCUT2D eigenvalue weighted by Gasteiger charge is 2.26. The van der Waals surface area contributed by atoms with Gasteiger partial charge in [0.15, 0.2) is 5.82 Å². The number of carbonyl (C=O) groups is 4. The lowest BCUT2D eigenvalue weighted by molar-refractivity contribution is -0.139. The van der Waals surface area contributed by atoms with Gasteiger partial charge in [0.2, 0.25) is 23.6 Å². The van der Waals surface area contributed by atoms with Crippen molar-refractivity contribution >= 4 is 52.7 Å². The Hall–Kier alpha value is -3.63. The fourth-order valence-electron chi connectivity index (χ4n) is 3.50. The van der Waals surface area contributed by atoms with Gasteiger partial charge in [-0.05, 0) is 43.2 Å². The van der Waals surface area contributed by atoms with Crippen LogP contribution in [0.25, 0.3) is 5.69 Å². The summed E-state index contributed by atoms with van der Waals surface area (Å²) in [5, 5.41) is 12.8. The maximum Gasteiger partial charge on any atom is 0.335 e. The van der Waals surface area contributed by atoms with Crippen molar-refractivity contribution in [3.8, 4) is 11.6 Å². The molecular weight excluding hydrogens is 545 g/mol. The minimum Gasteiger partial charge on any atom is -0.406 e. The first-order valence-corrected chi connectivity index (χ1v) is 13.3. The Morgan fingerprint density at radius 3 is 2.15 bits per heavy atom. The molecule has 2 aromatic rings. The van der Waals surface area contributed by atoms with E-state index in [1.165, 1.54) is 16.8 Å². The van der Waals surface area contributed by atoms with Crippen molar-refractivity contribution in [3.05, 3.63) is 59.6 Å². The Kier molecular flexibility index (Phi) is 12.7. The minimum absolute atomic E-state index is 0.0356. The number of ether oxygens (including phenoxy) is 1. The van der Waals surface area contributed by atoms with Gasteiger partial charge in [-0.3, -0.25) is 14.4 Å². The van der Waals surface area contributed by atoms with Gasteiger partial charge in [0, 0.05) is 11.1 Å². The van der Waals surface area contributed by atoms with E-state index >= 15 is 0 Å². The fourth-order valence-corrected chi connectivity index (χ4v) is 3.87. The average molecular weight is 578 g/mol. The molecule has 10 nitrogen and oxygen atoms in total. The van der Waals surface area contributed by atoms with Crippen LogP contribution in [0.1, 0.15) is 52.4 Å². The lowest BCUT2D eigenvalue weighted by Crippen LogP contribution is -2.43. The van der Waals surface area contributed by atoms with E-state index in [4.69, 9.17) is 27.9 Å². The summed E-state index contributed by atoms with van der Waals surface area (Å²) in [7, 11) is 0. The maximum atomic E-state index is 13.1. The number of nitrogens with one attached hydrogen (secondary N) is 3. The Morgan fingerprint density at radius 1 is 0.974 bits per heavy atom. The van der Waals surface area contributed by atoms with Crippen molar-refractivity contribution in [1.29, 1.82) is 0 Å². The smallest absolute Gasteiger partial charge is 0.335 e. The quantitative estimate of drug-likeness (QED) is 0.207. The van der Waals surface area contributed by atoms with Gasteiger partial charge < -0.3 is 20.7 Å². The zero-order valence-corrected chi connectivity index (χ0v) is 23.5. The highest BCUT2D eigenvalue weighted by molar-refractivity contribution is 6.34. The summed E-state index contributed by atoms with van der Waals surface area (Å²) < 4.78 is 6.86. The Labute approximate surface area is 237 Å². The van der Waals surface area contributed by atoms with Gasteiger partial charge in [-0.25, -0.2) is 4.79 Å². The van der Waals surface area contributed by atoms with E-state index in [0.717, 1.165) is 25.0 Å². The second-order valence-corrected chi connectivity index (χ2v) is 9.44. The molecule has 2 unspecified atom stereocenters. The minimum atomic E-state index is -0.945. The summed E-state index contributed by atoms with van der Waals surface area (Å²) >= 11 is 12.5. The van der Waals surface area contributed by atoms with Crippen LogP contribution in [0, 0.1) is 0 Å². The topological polar surface area (TPSA) is 131 Å². The molecule has 2 atom stereocenters. The first-order valence-electron chi connectivity index (χ1n) is 12.6. The number of esters is 1. The number of benzene rings is 1. The summed E-state index contributed by atoms with van der Waals surface area (Å²) in [5.41, 5.74) is 0.287. The molecule has 0 fully saturated rings. The molecule has 0 aliphatic rings. The molecule has 0 saturated heterocycles. The van der Waals surface area contributed by atoms with Crippen LogP contribution in [0.5, 0.6) is 5.88 Å². The molecule has 1 heterocycles. The number of hydrogen-bond acceptors (Lipinski definition) is 6. The van der Waals surface area contributed by atoms with Crippen LogP contribution in [-0.4, -0.2) is 45.6 Å². The SMILES string of the molecule is C=CC(=O)NC(CCCC)C(=O)Nc1cc(OC(=O)C(CCCC)NC(=O)C=C)n(-c2cc(Cl)ccc2Cl)n1. The van der Waals surface area contributed by atoms with Gasteiger partial charge >= 0.3 is 5.97 Å². The third kappa shape index (κ3) is 9.56. The number of hydrogen-bond donors (Lipinski definition) is 3. The predicted molar refractivity (Wildman–Crippen MR) is 151 cm³/mol. The molecule has 39 heavy (non-hydrogen) atoms. The van der Waals surface area contributed by atoms with Crippen molar-refractivity contribution in [2.45, 2.75) is 64.5 Å². The third-order valence-electron chi connectivity index (χ3n) is 5.57. The summed E-state index contributed by atoms with van der Waals surface area (Å²) in [4.78, 5) is 49.9. The second-order valence-electron chi connectivity index (χ2n) is 8.60. The molecule has 0 saturated carbocycles. The zero-order chi connectivity index (χ0) is 28.9. The molecule has 210 valence electrons. The van der Waals surface area contributed by atoms with Gasteiger partial charge in [0.1, 0.15) is 12.1 Å². The van der Waals surface area contributed by atoms with Crippen molar-refractivity contribution in [1.82, 2.24) is 20.4 Å². The zero-order valence-electron chi connectivity index (χ0n) is 22.0. The first kappa shape index (κ1) is 31.6. The van der Waals surface area contributed by atoms with Crippen LogP contribution in [0.15, 0.2) is 49.6 Å². The fraction of sp³-hybridized carbons (Fsp3) is 0.370. The van der Waals surface area contributed by atoms with Crippen LogP contribution >= 0.6 is 23.2 Å². The number of unbranched alkanes of at least 4 members (excludes halogenated alkanes) is 2. The molecule has 0 aliphatic heterocycles. The number of aromatic nitrogens is 2. The maximum absolute atomic E-state index is 13.1. The van der Waals surface area contributed by atoms with Crippen LogP contribution in [-0.2, 0) is 19.2 Å². The Morgan fingerprint density at radius 2 is 1.56 bits per heavy atom. The molecule has 12 heteroatoms. The number of carbonyl (C=O) groups excluding carboxylic acids is 4. The monoisotopic (exact) mass is 577 g/mol. The van der Waals surface area contributed by atoms with Crippen molar-refractivity contribution in [3.63, 3.8) is 0 Å².